The predicted octanol–water partition coefficient (Wildman–Crippen LogP) is 7.85. The highest BCUT2D eigenvalue weighted by Gasteiger charge is 2.46. The van der Waals surface area contributed by atoms with E-state index >= 15 is 0 Å². The molecule has 0 bridgehead atoms. The summed E-state index contributed by atoms with van der Waals surface area (Å²) in [4.78, 5) is 0. The molecule has 0 aliphatic heterocycles. The molecule has 0 atom stereocenters. The first-order valence-electron chi connectivity index (χ1n) is 12.1. The highest BCUT2D eigenvalue weighted by Crippen LogP contribution is 2.57. The Kier molecular flexibility index (Phi) is 4.59. The van der Waals surface area contributed by atoms with E-state index in [9.17, 15) is 10.2 Å². The Hall–Kier alpha value is -4.04. The Labute approximate surface area is 206 Å². The molecular weight excluding hydrogens is 428 g/mol. The molecule has 2 N–H and O–H groups in total. The van der Waals surface area contributed by atoms with Crippen molar-refractivity contribution < 1.29 is 10.2 Å². The van der Waals surface area contributed by atoms with Crippen LogP contribution in [0.4, 0.5) is 0 Å². The smallest absolute Gasteiger partial charge is 0.121 e. The summed E-state index contributed by atoms with van der Waals surface area (Å²) in [6, 6.07) is 30.3. The van der Waals surface area contributed by atoms with Gasteiger partial charge in [-0.15, -0.1) is 0 Å². The first-order chi connectivity index (χ1) is 16.8. The fourth-order valence-electron chi connectivity index (χ4n) is 6.10. The quantitative estimate of drug-likeness (QED) is 0.278. The molecule has 1 aliphatic carbocycles. The molecule has 2 heteroatoms. The average molecular weight is 457 g/mol. The molecule has 2 nitrogen and oxygen atoms in total. The van der Waals surface area contributed by atoms with Crippen LogP contribution in [0.25, 0.3) is 21.9 Å². The lowest BCUT2D eigenvalue weighted by Gasteiger charge is -2.35. The maximum absolute atomic E-state index is 10.7. The molecule has 0 heterocycles. The third-order valence-corrected chi connectivity index (χ3v) is 7.76. The van der Waals surface area contributed by atoms with E-state index in [0.717, 1.165) is 33.4 Å². The summed E-state index contributed by atoms with van der Waals surface area (Å²) in [6.45, 7) is 7.87. The Morgan fingerprint density at radius 1 is 0.486 bits per heavy atom. The van der Waals surface area contributed by atoms with E-state index in [1.807, 2.05) is 27.7 Å². The molecule has 172 valence electrons. The maximum atomic E-state index is 10.7. The lowest BCUT2D eigenvalue weighted by Crippen LogP contribution is -2.29. The SMILES string of the molecule is Cc1cc(C2(c3cc(C)c(O)c(C)c3)c3ccccc3-c3cc4ccccc4cc32)cc(C)c1O. The van der Waals surface area contributed by atoms with Crippen molar-refractivity contribution in [2.24, 2.45) is 0 Å². The number of hydrogen-bond donors (Lipinski definition) is 2. The summed E-state index contributed by atoms with van der Waals surface area (Å²) in [6.07, 6.45) is 0. The van der Waals surface area contributed by atoms with Gasteiger partial charge in [-0.2, -0.15) is 0 Å². The Morgan fingerprint density at radius 3 is 1.49 bits per heavy atom. The fourth-order valence-corrected chi connectivity index (χ4v) is 6.10. The zero-order valence-corrected chi connectivity index (χ0v) is 20.5. The Balaban J connectivity index is 1.85. The van der Waals surface area contributed by atoms with Gasteiger partial charge in [0, 0.05) is 0 Å². The van der Waals surface area contributed by atoms with E-state index in [-0.39, 0.29) is 0 Å². The van der Waals surface area contributed by atoms with E-state index in [4.69, 9.17) is 0 Å². The van der Waals surface area contributed by atoms with E-state index in [2.05, 4.69) is 84.9 Å². The van der Waals surface area contributed by atoms with E-state index in [1.165, 1.54) is 33.0 Å². The lowest BCUT2D eigenvalue weighted by molar-refractivity contribution is 0.466. The molecule has 0 saturated heterocycles. The molecule has 5 aromatic carbocycles. The van der Waals surface area contributed by atoms with Crippen molar-refractivity contribution in [3.05, 3.63) is 129 Å². The van der Waals surface area contributed by atoms with Crippen LogP contribution in [-0.2, 0) is 5.41 Å². The molecule has 0 radical (unpaired) electrons. The molecule has 0 spiro atoms. The largest absolute Gasteiger partial charge is 0.507 e. The molecular formula is C33H28O2. The number of phenolic OH excluding ortho intramolecular Hbond substituents is 2. The van der Waals surface area contributed by atoms with Crippen molar-refractivity contribution in [2.75, 3.05) is 0 Å². The van der Waals surface area contributed by atoms with Crippen LogP contribution < -0.4 is 0 Å². The predicted molar refractivity (Wildman–Crippen MR) is 144 cm³/mol. The van der Waals surface area contributed by atoms with E-state index in [1.54, 1.807) is 0 Å². The minimum absolute atomic E-state index is 0.340. The van der Waals surface area contributed by atoms with Crippen molar-refractivity contribution in [1.82, 2.24) is 0 Å². The first kappa shape index (κ1) is 21.5. The van der Waals surface area contributed by atoms with Gasteiger partial charge in [-0.3, -0.25) is 0 Å². The van der Waals surface area contributed by atoms with Crippen molar-refractivity contribution in [3.63, 3.8) is 0 Å². The van der Waals surface area contributed by atoms with Gasteiger partial charge in [0.05, 0.1) is 5.41 Å². The van der Waals surface area contributed by atoms with Gasteiger partial charge in [0.25, 0.3) is 0 Å². The zero-order valence-electron chi connectivity index (χ0n) is 20.5. The minimum Gasteiger partial charge on any atom is -0.507 e. The summed E-state index contributed by atoms with van der Waals surface area (Å²) >= 11 is 0. The molecule has 5 aromatic rings. The molecule has 35 heavy (non-hydrogen) atoms. The van der Waals surface area contributed by atoms with Crippen LogP contribution in [0.2, 0.25) is 0 Å². The average Bonchev–Trinajstić information content (AvgIpc) is 3.14. The summed E-state index contributed by atoms with van der Waals surface area (Å²) < 4.78 is 0. The van der Waals surface area contributed by atoms with Crippen molar-refractivity contribution >= 4 is 10.8 Å². The molecule has 0 amide bonds. The maximum Gasteiger partial charge on any atom is 0.121 e. The number of aryl methyl sites for hydroxylation is 4. The summed E-state index contributed by atoms with van der Waals surface area (Å²) in [5, 5.41) is 23.7. The van der Waals surface area contributed by atoms with Crippen LogP contribution in [0.15, 0.2) is 84.9 Å². The van der Waals surface area contributed by atoms with Crippen LogP contribution in [0, 0.1) is 27.7 Å². The highest BCUT2D eigenvalue weighted by molar-refractivity contribution is 5.96. The van der Waals surface area contributed by atoms with Gasteiger partial charge in [0.15, 0.2) is 0 Å². The van der Waals surface area contributed by atoms with Crippen LogP contribution in [0.3, 0.4) is 0 Å². The summed E-state index contributed by atoms with van der Waals surface area (Å²) in [7, 11) is 0. The number of hydrogen-bond acceptors (Lipinski definition) is 2. The van der Waals surface area contributed by atoms with Gasteiger partial charge >= 0.3 is 0 Å². The third kappa shape index (κ3) is 2.89. The molecule has 0 saturated carbocycles. The second-order valence-electron chi connectivity index (χ2n) is 9.96. The molecule has 1 aliphatic rings. The van der Waals surface area contributed by atoms with Crippen LogP contribution in [0.1, 0.15) is 44.5 Å². The van der Waals surface area contributed by atoms with E-state index in [0.29, 0.717) is 11.5 Å². The second kappa shape index (κ2) is 7.48. The topological polar surface area (TPSA) is 40.5 Å². The summed E-state index contributed by atoms with van der Waals surface area (Å²) in [5.74, 6) is 0.680. The number of fused-ring (bicyclic) bond motifs is 4. The number of benzene rings is 5. The van der Waals surface area contributed by atoms with E-state index < -0.39 is 5.41 Å². The number of rotatable bonds is 2. The fraction of sp³-hybridized carbons (Fsp3) is 0.152. The highest BCUT2D eigenvalue weighted by atomic mass is 16.3. The Bertz CT molecular complexity index is 1550. The van der Waals surface area contributed by atoms with Gasteiger partial charge in [-0.25, -0.2) is 0 Å². The lowest BCUT2D eigenvalue weighted by atomic mass is 9.66. The molecule has 6 rings (SSSR count). The van der Waals surface area contributed by atoms with Crippen LogP contribution in [-0.4, -0.2) is 10.2 Å². The van der Waals surface area contributed by atoms with Crippen molar-refractivity contribution in [1.29, 1.82) is 0 Å². The van der Waals surface area contributed by atoms with Crippen molar-refractivity contribution in [3.8, 4) is 22.6 Å². The first-order valence-corrected chi connectivity index (χ1v) is 12.1. The Morgan fingerprint density at radius 2 is 0.943 bits per heavy atom. The summed E-state index contributed by atoms with van der Waals surface area (Å²) in [5.41, 5.74) is 10.0. The number of aromatic hydroxyl groups is 2. The minimum atomic E-state index is -0.581. The van der Waals surface area contributed by atoms with Crippen molar-refractivity contribution in [2.45, 2.75) is 33.1 Å². The monoisotopic (exact) mass is 456 g/mol. The van der Waals surface area contributed by atoms with Gasteiger partial charge < -0.3 is 10.2 Å². The third-order valence-electron chi connectivity index (χ3n) is 7.76. The normalized spacial score (nSPS) is 13.6. The van der Waals surface area contributed by atoms with Crippen LogP contribution in [0.5, 0.6) is 11.5 Å². The zero-order chi connectivity index (χ0) is 24.5. The van der Waals surface area contributed by atoms with Gasteiger partial charge in [-0.05, 0) is 106 Å². The standard InChI is InChI=1S/C33H28O2/c1-19-13-25(14-20(2)31(19)34)33(26-15-21(3)32(35)22(4)16-26)29-12-8-7-11-27(29)28-17-23-9-5-6-10-24(23)18-30(28)33/h5-18,34-35H,1-4H3. The molecule has 0 aromatic heterocycles. The molecule has 0 unspecified atom stereocenters. The number of phenols is 2. The second-order valence-corrected chi connectivity index (χ2v) is 9.96. The van der Waals surface area contributed by atoms with Gasteiger partial charge in [-0.1, -0.05) is 72.8 Å². The van der Waals surface area contributed by atoms with Gasteiger partial charge in [0.1, 0.15) is 11.5 Å². The molecule has 0 fully saturated rings. The van der Waals surface area contributed by atoms with Crippen LogP contribution >= 0.6 is 0 Å². The van der Waals surface area contributed by atoms with Gasteiger partial charge in [0.2, 0.25) is 0 Å².